The minimum Gasteiger partial charge on any atom is -0.375 e. The predicted octanol–water partition coefficient (Wildman–Crippen LogP) is 1.58. The Morgan fingerprint density at radius 2 is 2.06 bits per heavy atom. The van der Waals surface area contributed by atoms with Gasteiger partial charge in [-0.3, -0.25) is 4.79 Å². The molecule has 0 bridgehead atoms. The standard InChI is InChI=1S/C14H26N2O2/c1-10(2)12(13(15)17)16-11-5-8-18-14(9-11)6-3-4-7-14/h10-12,16H,3-9H2,1-2H3,(H2,15,17). The highest BCUT2D eigenvalue weighted by atomic mass is 16.5. The molecule has 0 radical (unpaired) electrons. The van der Waals surface area contributed by atoms with Crippen molar-refractivity contribution in [3.8, 4) is 0 Å². The van der Waals surface area contributed by atoms with Crippen LogP contribution in [-0.4, -0.2) is 30.2 Å². The van der Waals surface area contributed by atoms with E-state index in [1.807, 2.05) is 13.8 Å². The Labute approximate surface area is 110 Å². The molecule has 1 aliphatic heterocycles. The lowest BCUT2D eigenvalue weighted by atomic mass is 9.88. The van der Waals surface area contributed by atoms with Gasteiger partial charge in [-0.2, -0.15) is 0 Å². The van der Waals surface area contributed by atoms with Crippen LogP contribution in [0.5, 0.6) is 0 Å². The highest BCUT2D eigenvalue weighted by Crippen LogP contribution is 2.40. The molecule has 1 heterocycles. The molecule has 4 heteroatoms. The molecule has 2 aliphatic rings. The smallest absolute Gasteiger partial charge is 0.234 e. The van der Waals surface area contributed by atoms with Crippen LogP contribution in [0.2, 0.25) is 0 Å². The third kappa shape index (κ3) is 3.04. The van der Waals surface area contributed by atoms with Crippen molar-refractivity contribution in [3.05, 3.63) is 0 Å². The van der Waals surface area contributed by atoms with Crippen molar-refractivity contribution >= 4 is 5.91 Å². The maximum absolute atomic E-state index is 11.5. The van der Waals surface area contributed by atoms with Crippen LogP contribution >= 0.6 is 0 Å². The van der Waals surface area contributed by atoms with Crippen molar-refractivity contribution in [2.45, 2.75) is 70.1 Å². The van der Waals surface area contributed by atoms with Gasteiger partial charge in [0.05, 0.1) is 11.6 Å². The van der Waals surface area contributed by atoms with Crippen LogP contribution in [0, 0.1) is 5.92 Å². The molecule has 3 N–H and O–H groups in total. The van der Waals surface area contributed by atoms with Gasteiger partial charge in [-0.05, 0) is 31.6 Å². The van der Waals surface area contributed by atoms with Gasteiger partial charge >= 0.3 is 0 Å². The molecule has 18 heavy (non-hydrogen) atoms. The summed E-state index contributed by atoms with van der Waals surface area (Å²) in [6.07, 6.45) is 6.91. The zero-order valence-corrected chi connectivity index (χ0v) is 11.6. The fourth-order valence-electron chi connectivity index (χ4n) is 3.39. The van der Waals surface area contributed by atoms with E-state index in [1.165, 1.54) is 25.7 Å². The van der Waals surface area contributed by atoms with Gasteiger partial charge < -0.3 is 15.8 Å². The largest absolute Gasteiger partial charge is 0.375 e. The van der Waals surface area contributed by atoms with Gasteiger partial charge in [-0.1, -0.05) is 26.7 Å². The van der Waals surface area contributed by atoms with E-state index in [4.69, 9.17) is 10.5 Å². The fourth-order valence-corrected chi connectivity index (χ4v) is 3.39. The summed E-state index contributed by atoms with van der Waals surface area (Å²) in [6, 6.07) is 0.156. The van der Waals surface area contributed by atoms with Crippen molar-refractivity contribution in [1.82, 2.24) is 5.32 Å². The fraction of sp³-hybridized carbons (Fsp3) is 0.929. The molecule has 0 aromatic carbocycles. The Kier molecular flexibility index (Phi) is 4.28. The van der Waals surface area contributed by atoms with Crippen LogP contribution in [0.3, 0.4) is 0 Å². The van der Waals surface area contributed by atoms with Gasteiger partial charge in [0, 0.05) is 12.6 Å². The summed E-state index contributed by atoms with van der Waals surface area (Å²) in [5.74, 6) is 0.00170. The topological polar surface area (TPSA) is 64.3 Å². The Balaban J connectivity index is 1.94. The van der Waals surface area contributed by atoms with Crippen molar-refractivity contribution in [2.24, 2.45) is 11.7 Å². The summed E-state index contributed by atoms with van der Waals surface area (Å²) < 4.78 is 6.00. The number of nitrogens with two attached hydrogens (primary N) is 1. The molecule has 1 saturated carbocycles. The Morgan fingerprint density at radius 1 is 1.39 bits per heavy atom. The number of rotatable bonds is 4. The molecule has 2 atom stereocenters. The molecule has 1 spiro atoms. The number of carbonyl (C=O) groups is 1. The summed E-state index contributed by atoms with van der Waals surface area (Å²) >= 11 is 0. The predicted molar refractivity (Wildman–Crippen MR) is 71.1 cm³/mol. The highest BCUT2D eigenvalue weighted by molar-refractivity contribution is 5.80. The number of hydrogen-bond donors (Lipinski definition) is 2. The maximum atomic E-state index is 11.5. The van der Waals surface area contributed by atoms with Gasteiger partial charge in [0.15, 0.2) is 0 Å². The molecular weight excluding hydrogens is 228 g/mol. The number of primary amides is 1. The molecule has 2 fully saturated rings. The lowest BCUT2D eigenvalue weighted by Gasteiger charge is -2.40. The zero-order chi connectivity index (χ0) is 13.2. The molecule has 0 aromatic heterocycles. The first kappa shape index (κ1) is 13.8. The molecule has 4 nitrogen and oxygen atoms in total. The minimum absolute atomic E-state index is 0.0924. The summed E-state index contributed by atoms with van der Waals surface area (Å²) in [6.45, 7) is 4.88. The van der Waals surface area contributed by atoms with Crippen LogP contribution < -0.4 is 11.1 Å². The summed E-state index contributed by atoms with van der Waals surface area (Å²) in [4.78, 5) is 11.5. The molecular formula is C14H26N2O2. The normalized spacial score (nSPS) is 28.7. The molecule has 1 aliphatic carbocycles. The maximum Gasteiger partial charge on any atom is 0.234 e. The second-order valence-corrected chi connectivity index (χ2v) is 6.22. The molecule has 0 aromatic rings. The molecule has 1 saturated heterocycles. The van der Waals surface area contributed by atoms with Gasteiger partial charge in [-0.15, -0.1) is 0 Å². The first-order valence-corrected chi connectivity index (χ1v) is 7.22. The Morgan fingerprint density at radius 3 is 2.61 bits per heavy atom. The molecule has 2 unspecified atom stereocenters. The van der Waals surface area contributed by atoms with E-state index in [-0.39, 0.29) is 23.5 Å². The monoisotopic (exact) mass is 254 g/mol. The van der Waals surface area contributed by atoms with Crippen LogP contribution in [0.15, 0.2) is 0 Å². The van der Waals surface area contributed by atoms with E-state index >= 15 is 0 Å². The van der Waals surface area contributed by atoms with Gasteiger partial charge in [-0.25, -0.2) is 0 Å². The second-order valence-electron chi connectivity index (χ2n) is 6.22. The minimum atomic E-state index is -0.239. The summed E-state index contributed by atoms with van der Waals surface area (Å²) in [7, 11) is 0. The van der Waals surface area contributed by atoms with E-state index in [1.54, 1.807) is 0 Å². The van der Waals surface area contributed by atoms with Gasteiger partial charge in [0.1, 0.15) is 0 Å². The van der Waals surface area contributed by atoms with E-state index < -0.39 is 0 Å². The third-order valence-electron chi connectivity index (χ3n) is 4.40. The first-order valence-electron chi connectivity index (χ1n) is 7.22. The molecule has 1 amide bonds. The van der Waals surface area contributed by atoms with Crippen LogP contribution in [-0.2, 0) is 9.53 Å². The SMILES string of the molecule is CC(C)C(NC1CCOC2(CCCC2)C1)C(N)=O. The quantitative estimate of drug-likeness (QED) is 0.800. The van der Waals surface area contributed by atoms with Crippen LogP contribution in [0.1, 0.15) is 52.4 Å². The lowest BCUT2D eigenvalue weighted by molar-refractivity contribution is -0.122. The average Bonchev–Trinajstić information content (AvgIpc) is 2.73. The Hall–Kier alpha value is -0.610. The van der Waals surface area contributed by atoms with Gasteiger partial charge in [0.25, 0.3) is 0 Å². The first-order chi connectivity index (χ1) is 8.52. The molecule has 2 rings (SSSR count). The summed E-state index contributed by atoms with van der Waals surface area (Å²) in [5, 5.41) is 3.45. The zero-order valence-electron chi connectivity index (χ0n) is 11.6. The Bertz CT molecular complexity index is 298. The van der Waals surface area contributed by atoms with Crippen molar-refractivity contribution < 1.29 is 9.53 Å². The molecule has 104 valence electrons. The third-order valence-corrected chi connectivity index (χ3v) is 4.40. The number of hydrogen-bond acceptors (Lipinski definition) is 3. The van der Waals surface area contributed by atoms with Crippen LogP contribution in [0.4, 0.5) is 0 Å². The summed E-state index contributed by atoms with van der Waals surface area (Å²) in [5.41, 5.74) is 5.56. The van der Waals surface area contributed by atoms with E-state index in [9.17, 15) is 4.79 Å². The number of ether oxygens (including phenoxy) is 1. The van der Waals surface area contributed by atoms with Crippen molar-refractivity contribution in [2.75, 3.05) is 6.61 Å². The number of amides is 1. The van der Waals surface area contributed by atoms with Gasteiger partial charge in [0.2, 0.25) is 5.91 Å². The number of nitrogens with one attached hydrogen (secondary N) is 1. The second kappa shape index (κ2) is 5.57. The number of carbonyl (C=O) groups excluding carboxylic acids is 1. The van der Waals surface area contributed by atoms with Crippen molar-refractivity contribution in [3.63, 3.8) is 0 Å². The van der Waals surface area contributed by atoms with E-state index in [0.717, 1.165) is 19.4 Å². The highest BCUT2D eigenvalue weighted by Gasteiger charge is 2.40. The van der Waals surface area contributed by atoms with Crippen LogP contribution in [0.25, 0.3) is 0 Å². The van der Waals surface area contributed by atoms with E-state index in [0.29, 0.717) is 6.04 Å². The average molecular weight is 254 g/mol. The lowest BCUT2D eigenvalue weighted by Crippen LogP contribution is -2.54. The van der Waals surface area contributed by atoms with E-state index in [2.05, 4.69) is 5.32 Å². The van der Waals surface area contributed by atoms with Crippen molar-refractivity contribution in [1.29, 1.82) is 0 Å².